The number of carbonyl (C=O) groups is 3. The number of carbonyl (C=O) groups excluding carboxylic acids is 3. The van der Waals surface area contributed by atoms with Crippen molar-refractivity contribution in [3.05, 3.63) is 58.4 Å². The molecule has 11 heteroatoms. The van der Waals surface area contributed by atoms with Gasteiger partial charge in [-0.25, -0.2) is 0 Å². The Bertz CT molecular complexity index is 1560. The average molecular weight is 561 g/mol. The van der Waals surface area contributed by atoms with Gasteiger partial charge in [0.15, 0.2) is 11.4 Å². The second-order valence-corrected chi connectivity index (χ2v) is 11.3. The highest BCUT2D eigenvalue weighted by Crippen LogP contribution is 2.53. The number of aromatic hydroxyl groups is 1. The fourth-order valence-electron chi connectivity index (χ4n) is 6.72. The van der Waals surface area contributed by atoms with E-state index in [-0.39, 0.29) is 35.3 Å². The molecule has 1 aromatic carbocycles. The number of rotatable bonds is 3. The van der Waals surface area contributed by atoms with Crippen LogP contribution in [0.15, 0.2) is 36.2 Å². The minimum absolute atomic E-state index is 0.00718. The molecular formula is C30H32N4O7. The number of hydrogen-bond donors (Lipinski definition) is 5. The van der Waals surface area contributed by atoms with Gasteiger partial charge >= 0.3 is 0 Å². The molecule has 0 saturated heterocycles. The van der Waals surface area contributed by atoms with Crippen LogP contribution in [0.5, 0.6) is 5.75 Å². The van der Waals surface area contributed by atoms with E-state index in [0.717, 1.165) is 0 Å². The molecule has 2 unspecified atom stereocenters. The highest BCUT2D eigenvalue weighted by atomic mass is 16.3. The molecule has 2 saturated carbocycles. The molecule has 11 nitrogen and oxygen atoms in total. The molecule has 6 atom stereocenters. The van der Waals surface area contributed by atoms with Gasteiger partial charge in [-0.2, -0.15) is 0 Å². The predicted octanol–water partition coefficient (Wildman–Crippen LogP) is -0.0102. The van der Waals surface area contributed by atoms with Gasteiger partial charge in [0.1, 0.15) is 17.4 Å². The van der Waals surface area contributed by atoms with Crippen LogP contribution in [0.1, 0.15) is 28.7 Å². The summed E-state index contributed by atoms with van der Waals surface area (Å²) in [6.45, 7) is 0. The number of benzene rings is 1. The van der Waals surface area contributed by atoms with Gasteiger partial charge in [0, 0.05) is 55.3 Å². The van der Waals surface area contributed by atoms with Crippen molar-refractivity contribution in [1.29, 1.82) is 0 Å². The molecule has 0 aliphatic heterocycles. The predicted molar refractivity (Wildman–Crippen MR) is 149 cm³/mol. The van der Waals surface area contributed by atoms with E-state index in [0.29, 0.717) is 16.8 Å². The minimum Gasteiger partial charge on any atom is -0.507 e. The summed E-state index contributed by atoms with van der Waals surface area (Å²) in [6.07, 6.45) is 1.89. The van der Waals surface area contributed by atoms with Gasteiger partial charge in [0.25, 0.3) is 0 Å². The molecule has 5 rings (SSSR count). The Hall–Kier alpha value is -4.24. The summed E-state index contributed by atoms with van der Waals surface area (Å²) in [5.41, 5.74) is 4.54. The maximum absolute atomic E-state index is 14.0. The van der Waals surface area contributed by atoms with Crippen LogP contribution in [0.25, 0.3) is 5.76 Å². The third-order valence-corrected chi connectivity index (χ3v) is 8.55. The van der Waals surface area contributed by atoms with Crippen LogP contribution in [0.2, 0.25) is 0 Å². The number of nitrogens with two attached hydrogens (primary N) is 1. The van der Waals surface area contributed by atoms with Gasteiger partial charge in [-0.15, -0.1) is 0 Å². The zero-order valence-corrected chi connectivity index (χ0v) is 23.1. The van der Waals surface area contributed by atoms with Crippen molar-refractivity contribution >= 4 is 28.9 Å². The second-order valence-electron chi connectivity index (χ2n) is 11.3. The number of pyridine rings is 1. The fraction of sp³-hybridized carbons (Fsp3) is 0.400. The Kier molecular flexibility index (Phi) is 6.90. The van der Waals surface area contributed by atoms with E-state index in [1.807, 2.05) is 0 Å². The number of phenolic OH excluding ortho intramolecular Hbond substituents is 1. The zero-order valence-electron chi connectivity index (χ0n) is 23.1. The first-order valence-electron chi connectivity index (χ1n) is 13.2. The van der Waals surface area contributed by atoms with Crippen molar-refractivity contribution in [2.24, 2.45) is 23.5 Å². The van der Waals surface area contributed by atoms with Crippen LogP contribution in [-0.2, 0) is 20.8 Å². The summed E-state index contributed by atoms with van der Waals surface area (Å²) < 4.78 is 0. The maximum atomic E-state index is 14.0. The summed E-state index contributed by atoms with van der Waals surface area (Å²) >= 11 is 0. The SMILES string of the molecule is CN(C)c1cc(C#Cc2cccnc2)c(O)c2c1C[C@@H]1C[C@@H]3[C@@H](N(C)C)C(O)C(C(N)=O)C(=O)[C@]3(O)C(=O)C1=C2O. The number of Topliss-reactive ketones (excluding diaryl/α,β-unsaturated/α-hetero) is 2. The highest BCUT2D eigenvalue weighted by Gasteiger charge is 2.67. The van der Waals surface area contributed by atoms with Gasteiger partial charge in [0.05, 0.1) is 17.2 Å². The number of phenols is 1. The molecule has 2 fully saturated rings. The lowest BCUT2D eigenvalue weighted by molar-refractivity contribution is -0.184. The Balaban J connectivity index is 1.70. The molecule has 0 bridgehead atoms. The minimum atomic E-state index is -2.71. The molecule has 1 aromatic heterocycles. The van der Waals surface area contributed by atoms with E-state index in [1.54, 1.807) is 68.6 Å². The third kappa shape index (κ3) is 4.18. The molecule has 3 aliphatic rings. The third-order valence-electron chi connectivity index (χ3n) is 8.55. The average Bonchev–Trinajstić information content (AvgIpc) is 2.90. The van der Waals surface area contributed by atoms with E-state index in [9.17, 15) is 34.8 Å². The Morgan fingerprint density at radius 2 is 1.88 bits per heavy atom. The number of fused-ring (bicyclic) bond motifs is 3. The molecule has 6 N–H and O–H groups in total. The number of likely N-dealkylation sites (N-methyl/N-ethyl adjacent to an activating group) is 1. The van der Waals surface area contributed by atoms with Crippen LogP contribution < -0.4 is 10.6 Å². The summed E-state index contributed by atoms with van der Waals surface area (Å²) in [6, 6.07) is 4.23. The van der Waals surface area contributed by atoms with Crippen LogP contribution in [0.3, 0.4) is 0 Å². The van der Waals surface area contributed by atoms with Crippen LogP contribution in [0, 0.1) is 29.6 Å². The van der Waals surface area contributed by atoms with E-state index < -0.39 is 58.7 Å². The molecule has 1 amide bonds. The zero-order chi connectivity index (χ0) is 30.0. The van der Waals surface area contributed by atoms with Crippen LogP contribution in [-0.4, -0.2) is 93.7 Å². The summed E-state index contributed by atoms with van der Waals surface area (Å²) in [5.74, 6) is -2.02. The van der Waals surface area contributed by atoms with Crippen molar-refractivity contribution in [1.82, 2.24) is 9.88 Å². The van der Waals surface area contributed by atoms with Crippen molar-refractivity contribution in [3.63, 3.8) is 0 Å². The van der Waals surface area contributed by atoms with Gasteiger partial charge < -0.3 is 36.0 Å². The lowest BCUT2D eigenvalue weighted by Crippen LogP contribution is -2.73. The number of nitrogens with zero attached hydrogens (tertiary/aromatic N) is 3. The number of aliphatic hydroxyl groups is 3. The normalized spacial score (nSPS) is 28.8. The Morgan fingerprint density at radius 1 is 1.17 bits per heavy atom. The second kappa shape index (κ2) is 9.99. The summed E-state index contributed by atoms with van der Waals surface area (Å²) in [5, 5.41) is 45.6. The Labute approximate surface area is 236 Å². The molecule has 1 heterocycles. The maximum Gasteiger partial charge on any atom is 0.230 e. The fourth-order valence-corrected chi connectivity index (χ4v) is 6.72. The number of ketones is 2. The van der Waals surface area contributed by atoms with Crippen LogP contribution in [0.4, 0.5) is 5.69 Å². The number of hydrogen-bond acceptors (Lipinski definition) is 10. The number of amides is 1. The van der Waals surface area contributed by atoms with E-state index in [2.05, 4.69) is 16.8 Å². The van der Waals surface area contributed by atoms with Crippen molar-refractivity contribution in [2.75, 3.05) is 33.1 Å². The van der Waals surface area contributed by atoms with Gasteiger partial charge in [-0.1, -0.05) is 11.8 Å². The number of anilines is 1. The van der Waals surface area contributed by atoms with Gasteiger partial charge in [-0.05, 0) is 56.6 Å². The molecule has 214 valence electrons. The topological polar surface area (TPSA) is 178 Å². The standard InChI is InChI=1S/C30H32N4O7/c1-33(2)19-12-15(8-7-14-6-5-9-32-13-14)24(35)21-17(19)10-16-11-18-23(34(3)4)26(37)22(29(31)40)28(39)30(18,41)27(38)20(16)25(21)36/h5-6,9,12-13,16,18,22-23,26,35-37,41H,10-11H2,1-4H3,(H2,31,40)/t16-,18-,22?,23-,26?,30-/m1/s1. The number of primary amides is 1. The van der Waals surface area contributed by atoms with Crippen molar-refractivity contribution in [2.45, 2.75) is 30.6 Å². The van der Waals surface area contributed by atoms with E-state index in [4.69, 9.17) is 5.73 Å². The number of aromatic nitrogens is 1. The number of aliphatic hydroxyl groups excluding tert-OH is 2. The van der Waals surface area contributed by atoms with E-state index in [1.165, 1.54) is 0 Å². The van der Waals surface area contributed by atoms with Gasteiger partial charge in [0.2, 0.25) is 11.7 Å². The smallest absolute Gasteiger partial charge is 0.230 e. The molecule has 41 heavy (non-hydrogen) atoms. The van der Waals surface area contributed by atoms with Crippen LogP contribution >= 0.6 is 0 Å². The molecule has 0 radical (unpaired) electrons. The molecule has 0 spiro atoms. The Morgan fingerprint density at radius 3 is 2.46 bits per heavy atom. The highest BCUT2D eigenvalue weighted by molar-refractivity contribution is 6.25. The molecule has 3 aliphatic carbocycles. The first kappa shape index (κ1) is 28.3. The lowest BCUT2D eigenvalue weighted by atomic mass is 9.54. The van der Waals surface area contributed by atoms with Crippen molar-refractivity contribution in [3.8, 4) is 17.6 Å². The first-order chi connectivity index (χ1) is 19.3. The molecule has 2 aromatic rings. The monoisotopic (exact) mass is 560 g/mol. The van der Waals surface area contributed by atoms with Gasteiger partial charge in [-0.3, -0.25) is 19.4 Å². The lowest BCUT2D eigenvalue weighted by Gasteiger charge is -2.53. The first-order valence-corrected chi connectivity index (χ1v) is 13.2. The quantitative estimate of drug-likeness (QED) is 0.253. The summed E-state index contributed by atoms with van der Waals surface area (Å²) in [4.78, 5) is 47.1. The van der Waals surface area contributed by atoms with E-state index >= 15 is 0 Å². The molecular weight excluding hydrogens is 528 g/mol. The summed E-state index contributed by atoms with van der Waals surface area (Å²) in [7, 11) is 6.83. The largest absolute Gasteiger partial charge is 0.507 e. The van der Waals surface area contributed by atoms with Crippen molar-refractivity contribution < 1.29 is 34.8 Å².